The maximum Gasteiger partial charge on any atom is 0.323 e. The lowest BCUT2D eigenvalue weighted by Gasteiger charge is -2.36. The topological polar surface area (TPSA) is 663 Å². The second-order valence-electron chi connectivity index (χ2n) is 34.1. The summed E-state index contributed by atoms with van der Waals surface area (Å²) in [4.78, 5) is 289. The number of amides is 16. The van der Waals surface area contributed by atoms with Crippen molar-refractivity contribution < 1.29 is 117 Å². The third-order valence-electron chi connectivity index (χ3n) is 24.1. The van der Waals surface area contributed by atoms with Crippen molar-refractivity contribution in [2.45, 2.75) is 234 Å². The zero-order chi connectivity index (χ0) is 99.5. The van der Waals surface area contributed by atoms with Crippen molar-refractivity contribution in [3.05, 3.63) is 120 Å². The monoisotopic (exact) mass is 1910 g/mol. The van der Waals surface area contributed by atoms with Crippen LogP contribution in [0.4, 0.5) is 0 Å². The Bertz CT molecular complexity index is 5340. The number of thioether (sulfide) groups is 1. The molecule has 3 fully saturated rings. The molecule has 45 nitrogen and oxygen atoms in total. The number of nitrogens with two attached hydrogens (primary N) is 2. The molecule has 0 unspecified atom stereocenters. The molecule has 0 aliphatic carbocycles. The highest BCUT2D eigenvalue weighted by atomic mass is 32.2. The van der Waals surface area contributed by atoms with Gasteiger partial charge >= 0.3 is 17.9 Å². The Kier molecular flexibility index (Phi) is 38.7. The molecule has 3 aromatic carbocycles. The van der Waals surface area contributed by atoms with Crippen molar-refractivity contribution in [3.63, 3.8) is 0 Å². The Morgan fingerprint density at radius 2 is 1.14 bits per heavy atom. The number of aliphatic carboxylic acids is 3. The molecule has 3 aliphatic rings. The summed E-state index contributed by atoms with van der Waals surface area (Å²) in [6.45, 7) is 3.71. The Balaban J connectivity index is 1.11. The molecular weight excluding hydrogens is 1790 g/mol. The minimum absolute atomic E-state index is 0.0203. The lowest BCUT2D eigenvalue weighted by atomic mass is 10.00. The molecule has 15 atom stereocenters. The number of para-hydroxylation sites is 2. The third-order valence-corrected chi connectivity index (χ3v) is 25.2. The van der Waals surface area contributed by atoms with Crippen LogP contribution in [0.1, 0.15) is 134 Å². The van der Waals surface area contributed by atoms with Crippen molar-refractivity contribution in [3.8, 4) is 5.75 Å². The van der Waals surface area contributed by atoms with Gasteiger partial charge < -0.3 is 129 Å². The van der Waals surface area contributed by atoms with Gasteiger partial charge in [-0.2, -0.15) is 0 Å². The number of likely N-dealkylation sites (N-methyl/N-ethyl adjacent to an activating group) is 3. The van der Waals surface area contributed by atoms with Gasteiger partial charge in [-0.3, -0.25) is 91.1 Å². The Morgan fingerprint density at radius 1 is 0.551 bits per heavy atom. The molecule has 0 spiro atoms. The lowest BCUT2D eigenvalue weighted by Crippen LogP contribution is -2.61. The number of H-pyrrole nitrogens is 2. The highest BCUT2D eigenvalue weighted by Crippen LogP contribution is 2.29. The molecule has 0 radical (unpaired) electrons. The molecule has 9 rings (SSSR count). The van der Waals surface area contributed by atoms with E-state index in [4.69, 9.17) is 11.5 Å². The van der Waals surface area contributed by atoms with Crippen LogP contribution in [-0.2, 0) is 123 Å². The molecule has 6 aromatic rings. The molecule has 6 heterocycles. The standard InChI is InChI=1S/C90H121N21O24S/c1-8-10-20-68-83(128)97-48(3)77(122)105-66(79(124)95-41-72(92)114)45-136-46-73(115)98-63(33-50-24-26-54(112)27-25-50)86(131)106(5)49(4)78(123)103-65(38-75(118)119)89(134)110-32-16-23-69(110)84(129)102-62(36-53-40-93-47-96-53)82(127)100-60(28-29-74(116)117)88(133)111-43-55(113)37-71(111)85(130)101-61(34-51-39-94-58-19-14-12-17-56(51)58)81(126)99-59(30-31-91)80(125)104-64(87(132)108(7)70(21-11-9-2)90(135)107(68)6)35-52-42-109(44-76(120)121)67-22-15-13-18-57(52)67/h12-15,17-19,22,24-27,39-40,42,47-49,55,59-66,68-71,94,112-113H,8-11,16,20-21,23,28-38,41,43-46,91H2,1-7H3,(H2,92,114)(H,93,96)(H,95,124)(H,97,128)(H,98,115)(H,99,126)(H,100,127)(H,101,130)(H,102,129)(H,103,123)(H,104,125)(H,105,122)(H,116,117)(H,118,119)(H,120,121)/t48-,49-,55+,59-,60-,61-,62-,63-,64-,65-,66-,68-,69-,70-,71-/m0/s1. The molecule has 16 amide bonds. The average Bonchev–Trinajstić information content (AvgIpc) is 1.60. The first-order valence-corrected chi connectivity index (χ1v) is 46.0. The minimum atomic E-state index is -1.95. The highest BCUT2D eigenvalue weighted by Gasteiger charge is 2.47. The number of phenolic OH excluding ortho intramolecular Hbond substituents is 1. The number of aliphatic hydroxyl groups is 1. The number of carboxylic acid groups (broad SMARTS) is 3. The number of nitrogens with one attached hydrogen (secondary N) is 12. The van der Waals surface area contributed by atoms with E-state index in [-0.39, 0.29) is 69.5 Å². The summed E-state index contributed by atoms with van der Waals surface area (Å²) in [5, 5.41) is 78.9. The molecule has 46 heteroatoms. The van der Waals surface area contributed by atoms with Crippen molar-refractivity contribution in [1.29, 1.82) is 0 Å². The molecule has 0 bridgehead atoms. The number of unbranched alkanes of at least 4 members (excludes halogenated alkanes) is 2. The van der Waals surface area contributed by atoms with E-state index in [1.54, 1.807) is 54.7 Å². The highest BCUT2D eigenvalue weighted by molar-refractivity contribution is 8.00. The lowest BCUT2D eigenvalue weighted by molar-refractivity contribution is -0.149. The van der Waals surface area contributed by atoms with Crippen LogP contribution in [-0.4, -0.2) is 331 Å². The van der Waals surface area contributed by atoms with Crippen molar-refractivity contribution in [2.24, 2.45) is 11.5 Å². The van der Waals surface area contributed by atoms with E-state index in [0.717, 1.165) is 36.3 Å². The summed E-state index contributed by atoms with van der Waals surface area (Å²) in [5.74, 6) is -21.5. The van der Waals surface area contributed by atoms with Gasteiger partial charge in [0.05, 0.1) is 31.1 Å². The summed E-state index contributed by atoms with van der Waals surface area (Å²) in [5.41, 5.74) is 14.0. The summed E-state index contributed by atoms with van der Waals surface area (Å²) in [6, 6.07) is -3.88. The number of fused-ring (bicyclic) bond motifs is 4. The van der Waals surface area contributed by atoms with E-state index in [1.807, 2.05) is 13.8 Å². The van der Waals surface area contributed by atoms with E-state index < -0.39 is 273 Å². The smallest absolute Gasteiger partial charge is 0.323 e. The number of aromatic nitrogens is 4. The van der Waals surface area contributed by atoms with Crippen LogP contribution in [0.5, 0.6) is 5.75 Å². The maximum atomic E-state index is 15.9. The van der Waals surface area contributed by atoms with Crippen molar-refractivity contribution in [1.82, 2.24) is 97.2 Å². The fourth-order valence-corrected chi connectivity index (χ4v) is 17.5. The number of hydrogen-bond donors (Lipinski definition) is 19. The number of benzene rings is 3. The number of aromatic hydroxyl groups is 1. The predicted octanol–water partition coefficient (Wildman–Crippen LogP) is -2.84. The number of aliphatic hydroxyl groups excluding tert-OH is 1. The minimum Gasteiger partial charge on any atom is -0.508 e. The molecule has 136 heavy (non-hydrogen) atoms. The van der Waals surface area contributed by atoms with E-state index in [2.05, 4.69) is 68.1 Å². The SMILES string of the molecule is CCCC[C@H]1C(=O)N(C)[C@@H](CCCC)C(=O)N[C@@H](C)C(=O)N[C@H](C(=O)NCC(N)=O)CSCC(=O)N[C@@H](Cc2ccc(O)cc2)C(=O)N(C)[C@@H](C)C(=O)N[C@@H](CC(=O)O)C(=O)N2CCC[C@H]2C(=O)N[C@@H](Cc2cnc[nH]2)C(=O)N[C@@H](CCC(=O)O)C(=O)N2C[C@H](O)C[C@H]2C(=O)N[C@@H](Cc2c[nH]c3ccccc23)C(=O)N[C@@H](CCN)C(=O)N[C@@H](Cc2cn(CC(=O)O)c3ccccc23)C(=O)N1C. The Hall–Kier alpha value is -14.1. The summed E-state index contributed by atoms with van der Waals surface area (Å²) in [7, 11) is 3.79. The summed E-state index contributed by atoms with van der Waals surface area (Å²) >= 11 is 0.747. The normalized spacial score (nSPS) is 24.6. The quantitative estimate of drug-likeness (QED) is 0.0260. The number of aromatic amines is 2. The van der Waals surface area contributed by atoms with E-state index in [1.165, 1.54) is 82.5 Å². The van der Waals surface area contributed by atoms with Crippen LogP contribution in [0.25, 0.3) is 21.8 Å². The number of hydrogen-bond acceptors (Lipinski definition) is 24. The van der Waals surface area contributed by atoms with Crippen molar-refractivity contribution in [2.75, 3.05) is 58.8 Å². The van der Waals surface area contributed by atoms with Gasteiger partial charge in [0.2, 0.25) is 94.5 Å². The summed E-state index contributed by atoms with van der Waals surface area (Å²) in [6.07, 6.45) is 0.651. The largest absolute Gasteiger partial charge is 0.508 e. The number of carbonyl (C=O) groups is 19. The number of nitrogens with zero attached hydrogens (tertiary/aromatic N) is 7. The second-order valence-corrected chi connectivity index (χ2v) is 35.2. The number of imidazole rings is 1. The van der Waals surface area contributed by atoms with Crippen LogP contribution in [0.15, 0.2) is 97.7 Å². The van der Waals surface area contributed by atoms with Gasteiger partial charge in [0.25, 0.3) is 0 Å². The van der Waals surface area contributed by atoms with Crippen molar-refractivity contribution >= 4 is 146 Å². The average molecular weight is 1910 g/mol. The molecule has 736 valence electrons. The zero-order valence-electron chi connectivity index (χ0n) is 76.6. The molecule has 0 saturated carbocycles. The number of carboxylic acids is 3. The number of phenols is 1. The van der Waals surface area contributed by atoms with Gasteiger partial charge in [0.1, 0.15) is 96.9 Å². The van der Waals surface area contributed by atoms with Gasteiger partial charge in [-0.1, -0.05) is 88.1 Å². The fraction of sp³-hybridized carbons (Fsp3) is 0.511. The van der Waals surface area contributed by atoms with E-state index in [0.29, 0.717) is 64.2 Å². The number of primary amides is 1. The third kappa shape index (κ3) is 28.8. The van der Waals surface area contributed by atoms with Crippen LogP contribution in [0.3, 0.4) is 0 Å². The van der Waals surface area contributed by atoms with Gasteiger partial charge in [-0.15, -0.1) is 11.8 Å². The first-order chi connectivity index (χ1) is 64.7. The van der Waals surface area contributed by atoms with E-state index in [9.17, 15) is 83.1 Å². The molecular formula is C90H121N21O24S. The van der Waals surface area contributed by atoms with Gasteiger partial charge in [-0.05, 0) is 99.9 Å². The van der Waals surface area contributed by atoms with Crippen LogP contribution in [0, 0.1) is 0 Å². The summed E-state index contributed by atoms with van der Waals surface area (Å²) < 4.78 is 1.42. The molecule has 3 aromatic heterocycles. The maximum absolute atomic E-state index is 15.9. The first kappa shape index (κ1) is 106. The van der Waals surface area contributed by atoms with Crippen LogP contribution < -0.4 is 64.6 Å². The van der Waals surface area contributed by atoms with Crippen LogP contribution >= 0.6 is 11.8 Å². The Labute approximate surface area is 786 Å². The van der Waals surface area contributed by atoms with E-state index >= 15 is 33.6 Å². The van der Waals surface area contributed by atoms with Gasteiger partial charge in [0.15, 0.2) is 0 Å². The van der Waals surface area contributed by atoms with Gasteiger partial charge in [-0.25, -0.2) is 4.98 Å². The number of rotatable bonds is 26. The molecule has 21 N–H and O–H groups in total. The van der Waals surface area contributed by atoms with Crippen LogP contribution in [0.2, 0.25) is 0 Å². The second kappa shape index (κ2) is 49.8. The molecule has 3 aliphatic heterocycles. The predicted molar refractivity (Wildman–Crippen MR) is 490 cm³/mol. The first-order valence-electron chi connectivity index (χ1n) is 44.9. The molecule has 3 saturated heterocycles. The number of carbonyl (C=O) groups excluding carboxylic acids is 16. The zero-order valence-corrected chi connectivity index (χ0v) is 77.4. The Morgan fingerprint density at radius 3 is 1.79 bits per heavy atom. The van der Waals surface area contributed by atoms with Gasteiger partial charge in [0, 0.05) is 125 Å². The fourth-order valence-electron chi connectivity index (χ4n) is 16.6.